The number of sulfone groups is 1. The molecule has 0 amide bonds. The molecule has 1 N–H and O–H groups in total. The fraction of sp³-hybridized carbons (Fsp3) is 0.286. The van der Waals surface area contributed by atoms with Gasteiger partial charge in [-0.05, 0) is 12.5 Å². The second-order valence-corrected chi connectivity index (χ2v) is 6.90. The molecule has 1 aromatic heterocycles. The minimum atomic E-state index is -3.58. The highest BCUT2D eigenvalue weighted by atomic mass is 32.2. The maximum atomic E-state index is 11.7. The average molecular weight is 308 g/mol. The Morgan fingerprint density at radius 1 is 1.29 bits per heavy atom. The molecule has 0 atom stereocenters. The van der Waals surface area contributed by atoms with Gasteiger partial charge in [-0.1, -0.05) is 29.8 Å². The van der Waals surface area contributed by atoms with Crippen LogP contribution in [-0.4, -0.2) is 35.3 Å². The highest BCUT2D eigenvalue weighted by Gasteiger charge is 2.25. The van der Waals surface area contributed by atoms with Gasteiger partial charge in [-0.2, -0.15) is 0 Å². The predicted molar refractivity (Wildman–Crippen MR) is 77.3 cm³/mol. The van der Waals surface area contributed by atoms with E-state index in [9.17, 15) is 18.3 Å². The lowest BCUT2D eigenvalue weighted by Crippen LogP contribution is -2.08. The van der Waals surface area contributed by atoms with Crippen molar-refractivity contribution in [1.29, 1.82) is 0 Å². The molecule has 0 unspecified atom stereocenters. The quantitative estimate of drug-likeness (QED) is 0.922. The van der Waals surface area contributed by atoms with E-state index in [1.807, 2.05) is 31.2 Å². The molecular weight excluding hydrogens is 292 g/mol. The van der Waals surface area contributed by atoms with Crippen LogP contribution in [0.15, 0.2) is 29.4 Å². The van der Waals surface area contributed by atoms with Crippen LogP contribution in [0.25, 0.3) is 0 Å². The van der Waals surface area contributed by atoms with Gasteiger partial charge in [-0.25, -0.2) is 18.2 Å². The third-order valence-electron chi connectivity index (χ3n) is 3.20. The lowest BCUT2D eigenvalue weighted by molar-refractivity contribution is 0.0689. The van der Waals surface area contributed by atoms with E-state index >= 15 is 0 Å². The number of carbonyl (C=O) groups is 1. The topological polar surface area (TPSA) is 89.3 Å². The summed E-state index contributed by atoms with van der Waals surface area (Å²) >= 11 is 0. The van der Waals surface area contributed by atoms with Gasteiger partial charge in [0.25, 0.3) is 0 Å². The number of aromatic nitrogens is 2. The summed E-state index contributed by atoms with van der Waals surface area (Å²) in [6.45, 7) is 1.96. The summed E-state index contributed by atoms with van der Waals surface area (Å²) in [7, 11) is -2.07. The fourth-order valence-corrected chi connectivity index (χ4v) is 2.98. The Morgan fingerprint density at radius 3 is 2.33 bits per heavy atom. The van der Waals surface area contributed by atoms with E-state index in [1.165, 1.54) is 11.6 Å². The smallest absolute Gasteiger partial charge is 0.356 e. The highest BCUT2D eigenvalue weighted by Crippen LogP contribution is 2.19. The number of aryl methyl sites for hydroxylation is 1. The first kappa shape index (κ1) is 15.2. The Bertz CT molecular complexity index is 789. The van der Waals surface area contributed by atoms with Gasteiger partial charge in [0.05, 0.1) is 5.69 Å². The van der Waals surface area contributed by atoms with Crippen LogP contribution in [0.1, 0.15) is 27.3 Å². The molecule has 0 radical (unpaired) electrons. The molecular formula is C14H16N2O4S. The second kappa shape index (κ2) is 5.33. The third kappa shape index (κ3) is 3.13. The maximum Gasteiger partial charge on any atom is 0.356 e. The van der Waals surface area contributed by atoms with Crippen LogP contribution >= 0.6 is 0 Å². The van der Waals surface area contributed by atoms with E-state index in [0.717, 1.165) is 17.4 Å². The third-order valence-corrected chi connectivity index (χ3v) is 4.23. The van der Waals surface area contributed by atoms with Gasteiger partial charge in [-0.3, -0.25) is 0 Å². The van der Waals surface area contributed by atoms with Crippen molar-refractivity contribution in [1.82, 2.24) is 9.55 Å². The van der Waals surface area contributed by atoms with E-state index in [1.54, 1.807) is 0 Å². The Labute approximate surface area is 123 Å². The van der Waals surface area contributed by atoms with E-state index in [0.29, 0.717) is 12.1 Å². The van der Waals surface area contributed by atoms with Crippen molar-refractivity contribution in [2.45, 2.75) is 18.5 Å². The molecule has 2 aromatic rings. The standard InChI is InChI=1S/C14H16N2O4S/c1-9-4-6-10(7-5-9)8-11-12(13(17)18)15-14(16(11)2)21(3,19)20/h4-7H,8H2,1-3H3,(H,17,18). The molecule has 0 bridgehead atoms. The lowest BCUT2D eigenvalue weighted by Gasteiger charge is -2.06. The van der Waals surface area contributed by atoms with Crippen molar-refractivity contribution in [2.75, 3.05) is 6.26 Å². The van der Waals surface area contributed by atoms with Crippen LogP contribution in [0.4, 0.5) is 0 Å². The first-order valence-corrected chi connectivity index (χ1v) is 8.13. The van der Waals surface area contributed by atoms with Crippen molar-refractivity contribution >= 4 is 15.8 Å². The van der Waals surface area contributed by atoms with Crippen LogP contribution < -0.4 is 0 Å². The number of benzene rings is 1. The minimum absolute atomic E-state index is 0.224. The summed E-state index contributed by atoms with van der Waals surface area (Å²) in [4.78, 5) is 15.1. The first-order chi connectivity index (χ1) is 9.70. The van der Waals surface area contributed by atoms with Gasteiger partial charge in [0, 0.05) is 19.7 Å². The Morgan fingerprint density at radius 2 is 1.86 bits per heavy atom. The average Bonchev–Trinajstić information content (AvgIpc) is 2.70. The Kier molecular flexibility index (Phi) is 3.87. The number of rotatable bonds is 4. The Balaban J connectivity index is 2.54. The van der Waals surface area contributed by atoms with Gasteiger partial charge in [0.1, 0.15) is 0 Å². The molecule has 1 heterocycles. The van der Waals surface area contributed by atoms with Crippen LogP contribution in [-0.2, 0) is 23.3 Å². The van der Waals surface area contributed by atoms with Crippen LogP contribution in [0.5, 0.6) is 0 Å². The maximum absolute atomic E-state index is 11.7. The molecule has 0 aliphatic heterocycles. The Hall–Kier alpha value is -2.15. The molecule has 0 fully saturated rings. The van der Waals surface area contributed by atoms with Crippen LogP contribution in [0.3, 0.4) is 0 Å². The number of imidazole rings is 1. The zero-order valence-corrected chi connectivity index (χ0v) is 12.8. The van der Waals surface area contributed by atoms with Crippen molar-refractivity contribution in [3.63, 3.8) is 0 Å². The summed E-state index contributed by atoms with van der Waals surface area (Å²) in [5.41, 5.74) is 2.13. The molecule has 7 heteroatoms. The van der Waals surface area contributed by atoms with Crippen molar-refractivity contribution < 1.29 is 18.3 Å². The highest BCUT2D eigenvalue weighted by molar-refractivity contribution is 7.90. The SMILES string of the molecule is Cc1ccc(Cc2c(C(=O)O)nc(S(C)(=O)=O)n2C)cc1. The zero-order chi connectivity index (χ0) is 15.8. The van der Waals surface area contributed by atoms with Crippen molar-refractivity contribution in [2.24, 2.45) is 7.05 Å². The monoisotopic (exact) mass is 308 g/mol. The number of aromatic carboxylic acids is 1. The van der Waals surface area contributed by atoms with Gasteiger partial charge in [-0.15, -0.1) is 0 Å². The minimum Gasteiger partial charge on any atom is -0.476 e. The second-order valence-electron chi connectivity index (χ2n) is 4.99. The number of carboxylic acids is 1. The summed E-state index contributed by atoms with van der Waals surface area (Å²) in [5, 5.41) is 8.99. The van der Waals surface area contributed by atoms with E-state index < -0.39 is 15.8 Å². The number of nitrogens with zero attached hydrogens (tertiary/aromatic N) is 2. The van der Waals surface area contributed by atoms with Gasteiger partial charge >= 0.3 is 5.97 Å². The number of hydrogen-bond donors (Lipinski definition) is 1. The predicted octanol–water partition coefficient (Wildman–Crippen LogP) is 1.42. The molecule has 1 aromatic carbocycles. The van der Waals surface area contributed by atoms with Gasteiger partial charge in [0.2, 0.25) is 15.0 Å². The lowest BCUT2D eigenvalue weighted by atomic mass is 10.1. The van der Waals surface area contributed by atoms with Gasteiger partial charge in [0.15, 0.2) is 5.69 Å². The molecule has 112 valence electrons. The summed E-state index contributed by atoms with van der Waals surface area (Å²) < 4.78 is 24.7. The largest absolute Gasteiger partial charge is 0.476 e. The fourth-order valence-electron chi connectivity index (χ4n) is 2.11. The number of carboxylic acid groups (broad SMARTS) is 1. The summed E-state index contributed by atoms with van der Waals surface area (Å²) in [6, 6.07) is 7.61. The molecule has 6 nitrogen and oxygen atoms in total. The van der Waals surface area contributed by atoms with E-state index in [2.05, 4.69) is 4.98 Å². The zero-order valence-electron chi connectivity index (χ0n) is 12.0. The molecule has 0 spiro atoms. The normalized spacial score (nSPS) is 11.6. The van der Waals surface area contributed by atoms with E-state index in [4.69, 9.17) is 0 Å². The van der Waals surface area contributed by atoms with Crippen LogP contribution in [0.2, 0.25) is 0 Å². The molecule has 2 rings (SSSR count). The van der Waals surface area contributed by atoms with Crippen molar-refractivity contribution in [3.05, 3.63) is 46.8 Å². The molecule has 0 aliphatic rings. The van der Waals surface area contributed by atoms with E-state index in [-0.39, 0.29) is 10.9 Å². The molecule has 0 aliphatic carbocycles. The summed E-state index contributed by atoms with van der Waals surface area (Å²) in [5.74, 6) is -1.23. The number of hydrogen-bond acceptors (Lipinski definition) is 4. The summed E-state index contributed by atoms with van der Waals surface area (Å²) in [6.07, 6.45) is 1.32. The van der Waals surface area contributed by atoms with Gasteiger partial charge < -0.3 is 9.67 Å². The van der Waals surface area contributed by atoms with Crippen molar-refractivity contribution in [3.8, 4) is 0 Å². The van der Waals surface area contributed by atoms with Crippen LogP contribution in [0, 0.1) is 6.92 Å². The molecule has 0 saturated heterocycles. The molecule has 21 heavy (non-hydrogen) atoms. The molecule has 0 saturated carbocycles. The first-order valence-electron chi connectivity index (χ1n) is 6.24.